The van der Waals surface area contributed by atoms with Gasteiger partial charge in [0.25, 0.3) is 0 Å². The minimum atomic E-state index is -0.377. The number of hydrogen-bond acceptors (Lipinski definition) is 3. The monoisotopic (exact) mass is 584 g/mol. The van der Waals surface area contributed by atoms with Crippen LogP contribution >= 0.6 is 0 Å². The Morgan fingerprint density at radius 3 is 1.65 bits per heavy atom. The molecule has 5 unspecified atom stereocenters. The first-order chi connectivity index (χ1) is 20.0. The smallest absolute Gasteiger partial charge is 0.0982 e. The SMILES string of the molecule is C/C(=C/C=C/C(C)=C/C=C\C=C(C)\C=C/C=C(/C)C1C=C2C(C)(C)CC(O)CC2(C)O1)C1C=C2C(C)(C)CCCC2(C)O1. The number of allylic oxidation sites excluding steroid dienone is 12. The number of aliphatic hydroxyl groups is 1. The van der Waals surface area contributed by atoms with Crippen molar-refractivity contribution >= 4 is 0 Å². The fraction of sp³-hybridized carbons (Fsp3) is 0.550. The van der Waals surface area contributed by atoms with Crippen molar-refractivity contribution in [1.82, 2.24) is 0 Å². The molecule has 0 aromatic heterocycles. The highest BCUT2D eigenvalue weighted by Gasteiger charge is 2.50. The van der Waals surface area contributed by atoms with Crippen molar-refractivity contribution in [1.29, 1.82) is 0 Å². The van der Waals surface area contributed by atoms with Crippen molar-refractivity contribution < 1.29 is 14.6 Å². The van der Waals surface area contributed by atoms with Crippen molar-refractivity contribution in [3.63, 3.8) is 0 Å². The van der Waals surface area contributed by atoms with Crippen molar-refractivity contribution in [2.45, 2.75) is 131 Å². The highest BCUT2D eigenvalue weighted by Crippen LogP contribution is 2.53. The third-order valence-electron chi connectivity index (χ3n) is 10.00. The number of hydrogen-bond donors (Lipinski definition) is 1. The van der Waals surface area contributed by atoms with Crippen LogP contribution in [0.4, 0.5) is 0 Å². The number of fused-ring (bicyclic) bond motifs is 2. The van der Waals surface area contributed by atoms with Crippen LogP contribution in [-0.2, 0) is 9.47 Å². The van der Waals surface area contributed by atoms with Gasteiger partial charge in [-0.1, -0.05) is 99.6 Å². The van der Waals surface area contributed by atoms with Crippen molar-refractivity contribution in [2.24, 2.45) is 10.8 Å². The van der Waals surface area contributed by atoms with Crippen LogP contribution < -0.4 is 0 Å². The lowest BCUT2D eigenvalue weighted by molar-refractivity contribution is -0.0683. The van der Waals surface area contributed by atoms with E-state index in [9.17, 15) is 5.11 Å². The molecule has 2 fully saturated rings. The molecule has 2 aliphatic carbocycles. The zero-order valence-corrected chi connectivity index (χ0v) is 28.5. The van der Waals surface area contributed by atoms with Crippen molar-refractivity contribution in [3.05, 3.63) is 106 Å². The quantitative estimate of drug-likeness (QED) is 0.228. The minimum Gasteiger partial charge on any atom is -0.393 e. The molecule has 0 bridgehead atoms. The average Bonchev–Trinajstić information content (AvgIpc) is 3.45. The molecule has 4 aliphatic rings. The second kappa shape index (κ2) is 12.9. The third-order valence-corrected chi connectivity index (χ3v) is 10.00. The largest absolute Gasteiger partial charge is 0.393 e. The molecular formula is C40H56O3. The zero-order valence-electron chi connectivity index (χ0n) is 28.5. The molecule has 0 aromatic carbocycles. The van der Waals surface area contributed by atoms with E-state index in [1.807, 2.05) is 0 Å². The maximum absolute atomic E-state index is 10.4. The summed E-state index contributed by atoms with van der Waals surface area (Å²) in [6.07, 6.45) is 30.7. The van der Waals surface area contributed by atoms with Gasteiger partial charge in [-0.3, -0.25) is 0 Å². The molecule has 2 aliphatic heterocycles. The molecule has 0 spiro atoms. The molecule has 1 N–H and O–H groups in total. The van der Waals surface area contributed by atoms with Crippen LogP contribution in [0.2, 0.25) is 0 Å². The normalized spacial score (nSPS) is 35.1. The summed E-state index contributed by atoms with van der Waals surface area (Å²) in [4.78, 5) is 0. The summed E-state index contributed by atoms with van der Waals surface area (Å²) in [5.41, 5.74) is 7.31. The molecule has 0 amide bonds. The van der Waals surface area contributed by atoms with E-state index in [4.69, 9.17) is 9.47 Å². The van der Waals surface area contributed by atoms with Crippen LogP contribution in [0.5, 0.6) is 0 Å². The second-order valence-corrected chi connectivity index (χ2v) is 15.1. The van der Waals surface area contributed by atoms with Crippen LogP contribution in [0.1, 0.15) is 101 Å². The first-order valence-corrected chi connectivity index (χ1v) is 16.3. The fourth-order valence-corrected chi connectivity index (χ4v) is 7.74. The summed E-state index contributed by atoms with van der Waals surface area (Å²) in [5.74, 6) is 0. The predicted molar refractivity (Wildman–Crippen MR) is 182 cm³/mol. The summed E-state index contributed by atoms with van der Waals surface area (Å²) < 4.78 is 13.0. The molecule has 2 saturated carbocycles. The van der Waals surface area contributed by atoms with Crippen LogP contribution in [-0.4, -0.2) is 34.6 Å². The molecule has 43 heavy (non-hydrogen) atoms. The average molecular weight is 585 g/mol. The van der Waals surface area contributed by atoms with E-state index in [0.29, 0.717) is 6.42 Å². The standard InChI is InChI=1S/C40H56O3/c1-28(18-13-20-30(3)33-24-35-37(5,6)22-15-23-39(35,9)42-33)16-11-12-17-29(2)19-14-21-31(4)34-25-36-38(7,8)26-32(41)27-40(36,10)43-34/h11-14,16-21,24-25,32-34,41H,15,22-23,26-27H2,1-10H3/b12-11-,18-13+,19-14-,28-16+,29-17+,30-20-,31-21-. The predicted octanol–water partition coefficient (Wildman–Crippen LogP) is 10.00. The van der Waals surface area contributed by atoms with Gasteiger partial charge in [-0.05, 0) is 113 Å². The molecule has 0 saturated heterocycles. The molecule has 2 heterocycles. The Balaban J connectivity index is 1.29. The topological polar surface area (TPSA) is 38.7 Å². The first kappa shape index (κ1) is 33.4. The minimum absolute atomic E-state index is 0.0411. The number of ether oxygens (including phenoxy) is 2. The van der Waals surface area contributed by atoms with Gasteiger partial charge in [0.15, 0.2) is 0 Å². The molecule has 3 nitrogen and oxygen atoms in total. The molecule has 234 valence electrons. The zero-order chi connectivity index (χ0) is 31.6. The van der Waals surface area contributed by atoms with Crippen molar-refractivity contribution in [2.75, 3.05) is 0 Å². The van der Waals surface area contributed by atoms with Crippen molar-refractivity contribution in [3.8, 4) is 0 Å². The number of aliphatic hydroxyl groups excluding tert-OH is 1. The Labute approximate surface area is 262 Å². The van der Waals surface area contributed by atoms with Gasteiger partial charge in [0.1, 0.15) is 0 Å². The summed E-state index contributed by atoms with van der Waals surface area (Å²) in [6, 6.07) is 0. The van der Waals surface area contributed by atoms with Gasteiger partial charge < -0.3 is 14.6 Å². The molecule has 3 heteroatoms. The molecule has 4 rings (SSSR count). The lowest BCUT2D eigenvalue weighted by Gasteiger charge is -2.44. The number of rotatable bonds is 8. The van der Waals surface area contributed by atoms with Crippen LogP contribution in [0.15, 0.2) is 106 Å². The molecule has 5 atom stereocenters. The summed E-state index contributed by atoms with van der Waals surface area (Å²) in [5, 5.41) is 10.4. The van der Waals surface area contributed by atoms with Crippen LogP contribution in [0, 0.1) is 10.8 Å². The Hall–Kier alpha value is -2.46. The maximum atomic E-state index is 10.4. The van der Waals surface area contributed by atoms with E-state index < -0.39 is 0 Å². The molecule has 0 radical (unpaired) electrons. The fourth-order valence-electron chi connectivity index (χ4n) is 7.74. The van der Waals surface area contributed by atoms with Crippen LogP contribution in [0.3, 0.4) is 0 Å². The first-order valence-electron chi connectivity index (χ1n) is 16.3. The van der Waals surface area contributed by atoms with E-state index in [1.54, 1.807) is 0 Å². The van der Waals surface area contributed by atoms with Gasteiger partial charge in [-0.2, -0.15) is 0 Å². The summed E-state index contributed by atoms with van der Waals surface area (Å²) >= 11 is 0. The Bertz CT molecular complexity index is 1340. The van der Waals surface area contributed by atoms with E-state index in [1.165, 1.54) is 46.3 Å². The molecular weight excluding hydrogens is 528 g/mol. The Kier molecular flexibility index (Phi) is 10.0. The Morgan fingerprint density at radius 1 is 0.651 bits per heavy atom. The van der Waals surface area contributed by atoms with Gasteiger partial charge in [0.2, 0.25) is 0 Å². The van der Waals surface area contributed by atoms with Gasteiger partial charge in [-0.25, -0.2) is 0 Å². The van der Waals surface area contributed by atoms with E-state index in [-0.39, 0.29) is 40.3 Å². The third kappa shape index (κ3) is 7.80. The van der Waals surface area contributed by atoms with Crippen LogP contribution in [0.25, 0.3) is 0 Å². The summed E-state index contributed by atoms with van der Waals surface area (Å²) in [7, 11) is 0. The maximum Gasteiger partial charge on any atom is 0.0982 e. The lowest BCUT2D eigenvalue weighted by Crippen LogP contribution is -2.45. The van der Waals surface area contributed by atoms with Gasteiger partial charge in [0, 0.05) is 6.42 Å². The van der Waals surface area contributed by atoms with Gasteiger partial charge >= 0.3 is 0 Å². The summed E-state index contributed by atoms with van der Waals surface area (Å²) in [6.45, 7) is 22.1. The highest BCUT2D eigenvalue weighted by atomic mass is 16.5. The molecule has 0 aromatic rings. The van der Waals surface area contributed by atoms with E-state index in [0.717, 1.165) is 12.8 Å². The van der Waals surface area contributed by atoms with E-state index in [2.05, 4.69) is 142 Å². The Morgan fingerprint density at radius 2 is 1.14 bits per heavy atom. The van der Waals surface area contributed by atoms with E-state index >= 15 is 0 Å². The van der Waals surface area contributed by atoms with Gasteiger partial charge in [-0.15, -0.1) is 0 Å². The van der Waals surface area contributed by atoms with Gasteiger partial charge in [0.05, 0.1) is 29.5 Å². The lowest BCUT2D eigenvalue weighted by atomic mass is 9.65. The highest BCUT2D eigenvalue weighted by molar-refractivity contribution is 5.38. The second-order valence-electron chi connectivity index (χ2n) is 15.1.